The highest BCUT2D eigenvalue weighted by Gasteiger charge is 2.28. The Balaban J connectivity index is 1.64. The number of primary amides is 1. The highest BCUT2D eigenvalue weighted by atomic mass is 32.2. The van der Waals surface area contributed by atoms with E-state index in [2.05, 4.69) is 26.8 Å². The van der Waals surface area contributed by atoms with Crippen LogP contribution in [0.15, 0.2) is 27.0 Å². The van der Waals surface area contributed by atoms with E-state index in [1.807, 2.05) is 17.6 Å². The van der Waals surface area contributed by atoms with Gasteiger partial charge < -0.3 is 15.2 Å². The molecule has 1 aliphatic rings. The number of amides is 1. The Morgan fingerprint density at radius 1 is 1.30 bits per heavy atom. The third-order valence-corrected chi connectivity index (χ3v) is 7.12. The highest BCUT2D eigenvalue weighted by Crippen LogP contribution is 2.27. The first kappa shape index (κ1) is 23.0. The van der Waals surface area contributed by atoms with Gasteiger partial charge in [0.25, 0.3) is 5.56 Å². The third-order valence-electron chi connectivity index (χ3n) is 5.93. The molecule has 12 heteroatoms. The van der Waals surface area contributed by atoms with Gasteiger partial charge in [-0.05, 0) is 31.7 Å². The van der Waals surface area contributed by atoms with Crippen LogP contribution in [-0.2, 0) is 18.4 Å². The molecule has 0 spiro atoms. The number of piperidine rings is 1. The number of hydrogen-bond donors (Lipinski definition) is 2. The number of nitrogens with two attached hydrogens (primary N) is 1. The van der Waals surface area contributed by atoms with Gasteiger partial charge >= 0.3 is 5.69 Å². The van der Waals surface area contributed by atoms with Crippen molar-refractivity contribution in [2.75, 3.05) is 23.7 Å². The first-order valence-corrected chi connectivity index (χ1v) is 11.9. The van der Waals surface area contributed by atoms with Crippen LogP contribution in [-0.4, -0.2) is 53.8 Å². The fourth-order valence-electron chi connectivity index (χ4n) is 4.08. The Bertz CT molecular complexity index is 1290. The van der Waals surface area contributed by atoms with Gasteiger partial charge in [0.2, 0.25) is 11.9 Å². The van der Waals surface area contributed by atoms with E-state index in [1.54, 1.807) is 25.0 Å². The van der Waals surface area contributed by atoms with Gasteiger partial charge in [-0.3, -0.25) is 19.1 Å². The monoisotopic (exact) mass is 472 g/mol. The second kappa shape index (κ2) is 9.38. The lowest BCUT2D eigenvalue weighted by Crippen LogP contribution is -2.40. The number of aromatic nitrogens is 6. The van der Waals surface area contributed by atoms with Crippen molar-refractivity contribution in [2.45, 2.75) is 38.4 Å². The average Bonchev–Trinajstić information content (AvgIpc) is 3.16. The van der Waals surface area contributed by atoms with Crippen molar-refractivity contribution in [3.05, 3.63) is 38.8 Å². The van der Waals surface area contributed by atoms with Crippen LogP contribution < -0.4 is 21.9 Å². The molecule has 1 saturated heterocycles. The molecule has 33 heavy (non-hydrogen) atoms. The van der Waals surface area contributed by atoms with E-state index in [0.717, 1.165) is 11.4 Å². The van der Waals surface area contributed by atoms with Crippen LogP contribution in [0.5, 0.6) is 0 Å². The quantitative estimate of drug-likeness (QED) is 0.377. The van der Waals surface area contributed by atoms with Gasteiger partial charge in [0.15, 0.2) is 16.3 Å². The van der Waals surface area contributed by atoms with Gasteiger partial charge in [0, 0.05) is 50.2 Å². The lowest BCUT2D eigenvalue weighted by Gasteiger charge is -2.32. The lowest BCUT2D eigenvalue weighted by molar-refractivity contribution is -0.122. The molecule has 1 amide bonds. The Kier molecular flexibility index (Phi) is 6.54. The molecule has 3 aromatic heterocycles. The van der Waals surface area contributed by atoms with Crippen molar-refractivity contribution in [3.63, 3.8) is 0 Å². The highest BCUT2D eigenvalue weighted by molar-refractivity contribution is 7.99. The minimum absolute atomic E-state index is 0.156. The molecule has 0 radical (unpaired) electrons. The molecular weight excluding hydrogens is 444 g/mol. The number of thioether (sulfide) groups is 1. The summed E-state index contributed by atoms with van der Waals surface area (Å²) in [6.07, 6.45) is 3.00. The van der Waals surface area contributed by atoms with Crippen molar-refractivity contribution in [2.24, 2.45) is 24.6 Å². The zero-order valence-electron chi connectivity index (χ0n) is 18.9. The smallest absolute Gasteiger partial charge is 0.329 e. The Morgan fingerprint density at radius 2 is 2.03 bits per heavy atom. The number of fused-ring (bicyclic) bond motifs is 1. The maximum atomic E-state index is 12.8. The summed E-state index contributed by atoms with van der Waals surface area (Å²) in [5.41, 5.74) is 6.15. The molecule has 11 nitrogen and oxygen atoms in total. The van der Waals surface area contributed by atoms with E-state index < -0.39 is 11.2 Å². The predicted octanol–water partition coefficient (Wildman–Crippen LogP) is 0.652. The number of aryl methyl sites for hydroxylation is 2. The summed E-state index contributed by atoms with van der Waals surface area (Å²) >= 11 is 1.56. The van der Waals surface area contributed by atoms with Crippen LogP contribution in [0.3, 0.4) is 0 Å². The SMILES string of the molecule is Cc1ccnc(SCC(C)Cn2c(N3CCC(C(N)=O)CC3)nc3c2c(=O)[nH]c(=O)n3C)n1. The molecular formula is C21H28N8O3S. The van der Waals surface area contributed by atoms with Gasteiger partial charge in [-0.2, -0.15) is 4.98 Å². The van der Waals surface area contributed by atoms with E-state index in [9.17, 15) is 14.4 Å². The molecule has 3 aromatic rings. The fraction of sp³-hybridized carbons (Fsp3) is 0.524. The summed E-state index contributed by atoms with van der Waals surface area (Å²) in [5, 5.41) is 0.714. The largest absolute Gasteiger partial charge is 0.369 e. The number of rotatable bonds is 7. The molecule has 4 heterocycles. The second-order valence-corrected chi connectivity index (χ2v) is 9.56. The lowest BCUT2D eigenvalue weighted by atomic mass is 9.96. The van der Waals surface area contributed by atoms with E-state index in [-0.39, 0.29) is 17.7 Å². The summed E-state index contributed by atoms with van der Waals surface area (Å²) in [4.78, 5) is 54.4. The first-order chi connectivity index (χ1) is 15.7. The number of nitrogens with zero attached hydrogens (tertiary/aromatic N) is 6. The number of imidazole rings is 1. The molecule has 0 aliphatic carbocycles. The number of H-pyrrole nitrogens is 1. The molecule has 0 aromatic carbocycles. The third kappa shape index (κ3) is 4.80. The maximum Gasteiger partial charge on any atom is 0.329 e. The van der Waals surface area contributed by atoms with E-state index in [0.29, 0.717) is 54.7 Å². The van der Waals surface area contributed by atoms with E-state index in [4.69, 9.17) is 10.7 Å². The Morgan fingerprint density at radius 3 is 2.70 bits per heavy atom. The van der Waals surface area contributed by atoms with Crippen LogP contribution in [0.4, 0.5) is 5.95 Å². The summed E-state index contributed by atoms with van der Waals surface area (Å²) in [5.74, 6) is 1.09. The van der Waals surface area contributed by atoms with Crippen molar-refractivity contribution in [1.29, 1.82) is 0 Å². The normalized spacial score (nSPS) is 15.8. The number of aromatic amines is 1. The summed E-state index contributed by atoms with van der Waals surface area (Å²) in [6, 6.07) is 1.86. The van der Waals surface area contributed by atoms with Crippen LogP contribution in [0, 0.1) is 18.8 Å². The zero-order chi connectivity index (χ0) is 23.7. The van der Waals surface area contributed by atoms with Gasteiger partial charge in [0.05, 0.1) is 0 Å². The number of carbonyl (C=O) groups is 1. The van der Waals surface area contributed by atoms with Crippen molar-refractivity contribution in [3.8, 4) is 0 Å². The van der Waals surface area contributed by atoms with Crippen LogP contribution in [0.2, 0.25) is 0 Å². The average molecular weight is 473 g/mol. The van der Waals surface area contributed by atoms with Crippen LogP contribution in [0.25, 0.3) is 11.2 Å². The number of carbonyl (C=O) groups excluding carboxylic acids is 1. The van der Waals surface area contributed by atoms with Crippen molar-refractivity contribution in [1.82, 2.24) is 29.1 Å². The molecule has 1 unspecified atom stereocenters. The molecule has 0 bridgehead atoms. The van der Waals surface area contributed by atoms with Gasteiger partial charge in [-0.15, -0.1) is 0 Å². The zero-order valence-corrected chi connectivity index (χ0v) is 19.8. The summed E-state index contributed by atoms with van der Waals surface area (Å²) in [6.45, 7) is 5.75. The Labute approximate surface area is 194 Å². The number of anilines is 1. The van der Waals surface area contributed by atoms with E-state index in [1.165, 1.54) is 4.57 Å². The first-order valence-electron chi connectivity index (χ1n) is 10.9. The minimum Gasteiger partial charge on any atom is -0.369 e. The summed E-state index contributed by atoms with van der Waals surface area (Å²) in [7, 11) is 1.59. The molecule has 1 atom stereocenters. The topological polar surface area (TPSA) is 145 Å². The van der Waals surface area contributed by atoms with Crippen molar-refractivity contribution < 1.29 is 4.79 Å². The van der Waals surface area contributed by atoms with Gasteiger partial charge in [-0.1, -0.05) is 18.7 Å². The minimum atomic E-state index is -0.503. The van der Waals surface area contributed by atoms with Crippen LogP contribution >= 0.6 is 11.8 Å². The van der Waals surface area contributed by atoms with E-state index >= 15 is 0 Å². The fourth-order valence-corrected chi connectivity index (χ4v) is 4.96. The van der Waals surface area contributed by atoms with Gasteiger partial charge in [0.1, 0.15) is 0 Å². The molecule has 3 N–H and O–H groups in total. The molecule has 0 saturated carbocycles. The Hall–Kier alpha value is -3.15. The predicted molar refractivity (Wildman–Crippen MR) is 126 cm³/mol. The standard InChI is InChI=1S/C21H28N8O3S/c1-12(11-33-19-23-7-4-13(2)24-19)10-29-15-17(27(3)21(32)26-18(15)31)25-20(29)28-8-5-14(6-9-28)16(22)30/h4,7,12,14H,5-6,8-11H2,1-3H3,(H2,22,30)(H,26,31,32). The molecule has 176 valence electrons. The van der Waals surface area contributed by atoms with Gasteiger partial charge in [-0.25, -0.2) is 14.8 Å². The number of nitrogens with one attached hydrogen (secondary N) is 1. The number of hydrogen-bond acceptors (Lipinski definition) is 8. The molecule has 4 rings (SSSR count). The van der Waals surface area contributed by atoms with Crippen LogP contribution in [0.1, 0.15) is 25.5 Å². The maximum absolute atomic E-state index is 12.8. The molecule has 1 aliphatic heterocycles. The van der Waals surface area contributed by atoms with Crippen molar-refractivity contribution >= 4 is 34.8 Å². The second-order valence-electron chi connectivity index (χ2n) is 8.57. The summed E-state index contributed by atoms with van der Waals surface area (Å²) < 4.78 is 3.24. The molecule has 1 fully saturated rings.